The van der Waals surface area contributed by atoms with Crippen LogP contribution >= 0.6 is 0 Å². The van der Waals surface area contributed by atoms with Crippen molar-refractivity contribution in [2.75, 3.05) is 11.9 Å². The van der Waals surface area contributed by atoms with Crippen LogP contribution in [-0.2, 0) is 0 Å². The maximum Gasteiger partial charge on any atom is 0.257 e. The van der Waals surface area contributed by atoms with Crippen molar-refractivity contribution in [3.63, 3.8) is 0 Å². The zero-order valence-electron chi connectivity index (χ0n) is 13.4. The van der Waals surface area contributed by atoms with Crippen LogP contribution in [0.2, 0.25) is 0 Å². The Balaban J connectivity index is 1.74. The van der Waals surface area contributed by atoms with Crippen LogP contribution in [0, 0.1) is 0 Å². The molecular weight excluding hydrogens is 306 g/mol. The zero-order valence-corrected chi connectivity index (χ0v) is 13.4. The zero-order chi connectivity index (χ0) is 16.9. The number of carbonyl (C=O) groups is 2. The Labute approximate surface area is 140 Å². The normalized spacial score (nSPS) is 13.2. The summed E-state index contributed by atoms with van der Waals surface area (Å²) in [5, 5.41) is 5.68. The average Bonchev–Trinajstić information content (AvgIpc) is 3.41. The minimum Gasteiger partial charge on any atom is -0.492 e. The van der Waals surface area contributed by atoms with Gasteiger partial charge in [-0.1, -0.05) is 12.1 Å². The molecule has 0 unspecified atom stereocenters. The molecule has 3 rings (SSSR count). The lowest BCUT2D eigenvalue weighted by atomic mass is 10.1. The lowest BCUT2D eigenvalue weighted by molar-refractivity contribution is 0.0950. The molecule has 124 valence electrons. The van der Waals surface area contributed by atoms with E-state index in [0.717, 1.165) is 12.8 Å². The number of pyridine rings is 1. The molecule has 1 aromatic heterocycles. The second-order valence-corrected chi connectivity index (χ2v) is 5.59. The topological polar surface area (TPSA) is 80.3 Å². The molecular formula is C18H19N3O3. The molecule has 1 saturated carbocycles. The first-order chi connectivity index (χ1) is 11.7. The van der Waals surface area contributed by atoms with E-state index < -0.39 is 0 Å². The van der Waals surface area contributed by atoms with Crippen LogP contribution in [0.15, 0.2) is 42.7 Å². The van der Waals surface area contributed by atoms with Crippen molar-refractivity contribution in [2.24, 2.45) is 0 Å². The van der Waals surface area contributed by atoms with Gasteiger partial charge in [0, 0.05) is 18.4 Å². The maximum atomic E-state index is 12.4. The molecule has 0 aliphatic heterocycles. The fraction of sp³-hybridized carbons (Fsp3) is 0.278. The van der Waals surface area contributed by atoms with E-state index in [9.17, 15) is 9.59 Å². The summed E-state index contributed by atoms with van der Waals surface area (Å²) in [6.45, 7) is 2.38. The lowest BCUT2D eigenvalue weighted by Crippen LogP contribution is -2.26. The third kappa shape index (κ3) is 3.90. The van der Waals surface area contributed by atoms with E-state index in [1.54, 1.807) is 18.2 Å². The molecule has 1 aromatic carbocycles. The summed E-state index contributed by atoms with van der Waals surface area (Å²) in [4.78, 5) is 28.5. The molecule has 6 nitrogen and oxygen atoms in total. The number of carbonyl (C=O) groups excluding carboxylic acids is 2. The first-order valence-electron chi connectivity index (χ1n) is 7.96. The van der Waals surface area contributed by atoms with E-state index in [4.69, 9.17) is 4.74 Å². The number of benzene rings is 1. The monoisotopic (exact) mass is 325 g/mol. The minimum atomic E-state index is -0.337. The highest BCUT2D eigenvalue weighted by molar-refractivity contribution is 6.06. The van der Waals surface area contributed by atoms with Crippen molar-refractivity contribution in [1.29, 1.82) is 0 Å². The van der Waals surface area contributed by atoms with E-state index in [1.807, 2.05) is 19.1 Å². The van der Waals surface area contributed by atoms with Crippen LogP contribution in [0.25, 0.3) is 0 Å². The molecule has 2 N–H and O–H groups in total. The maximum absolute atomic E-state index is 12.4. The van der Waals surface area contributed by atoms with Crippen molar-refractivity contribution in [2.45, 2.75) is 25.8 Å². The number of anilines is 1. The van der Waals surface area contributed by atoms with Crippen LogP contribution in [0.3, 0.4) is 0 Å². The van der Waals surface area contributed by atoms with Gasteiger partial charge in [0.05, 0.1) is 23.4 Å². The molecule has 0 spiro atoms. The number of amides is 2. The average molecular weight is 325 g/mol. The predicted octanol–water partition coefficient (Wildman–Crippen LogP) is 2.62. The molecule has 1 aliphatic rings. The number of nitrogens with zero attached hydrogens (tertiary/aromatic N) is 1. The quantitative estimate of drug-likeness (QED) is 0.855. The van der Waals surface area contributed by atoms with Crippen LogP contribution < -0.4 is 15.4 Å². The molecule has 24 heavy (non-hydrogen) atoms. The first kappa shape index (κ1) is 16.0. The van der Waals surface area contributed by atoms with Crippen molar-refractivity contribution >= 4 is 17.5 Å². The largest absolute Gasteiger partial charge is 0.492 e. The third-order valence-electron chi connectivity index (χ3n) is 3.61. The summed E-state index contributed by atoms with van der Waals surface area (Å²) in [6.07, 6.45) is 4.91. The molecule has 2 amide bonds. The van der Waals surface area contributed by atoms with Crippen LogP contribution in [-0.4, -0.2) is 29.4 Å². The molecule has 0 atom stereocenters. The van der Waals surface area contributed by atoms with Gasteiger partial charge >= 0.3 is 0 Å². The predicted molar refractivity (Wildman–Crippen MR) is 90.3 cm³/mol. The highest BCUT2D eigenvalue weighted by Gasteiger charge is 2.24. The van der Waals surface area contributed by atoms with Crippen molar-refractivity contribution < 1.29 is 14.3 Å². The summed E-state index contributed by atoms with van der Waals surface area (Å²) in [7, 11) is 0. The molecule has 0 saturated heterocycles. The van der Waals surface area contributed by atoms with Gasteiger partial charge < -0.3 is 15.4 Å². The van der Waals surface area contributed by atoms with Gasteiger partial charge in [-0.05, 0) is 38.0 Å². The molecule has 6 heteroatoms. The third-order valence-corrected chi connectivity index (χ3v) is 3.61. The Kier molecular flexibility index (Phi) is 4.74. The minimum absolute atomic E-state index is 0.200. The van der Waals surface area contributed by atoms with Gasteiger partial charge in [0.25, 0.3) is 11.8 Å². The Morgan fingerprint density at radius 3 is 2.58 bits per heavy atom. The Hall–Kier alpha value is -2.89. The van der Waals surface area contributed by atoms with Crippen molar-refractivity contribution in [3.8, 4) is 5.75 Å². The number of aromatic nitrogens is 1. The van der Waals surface area contributed by atoms with Gasteiger partial charge in [-0.25, -0.2) is 0 Å². The van der Waals surface area contributed by atoms with Gasteiger partial charge in [-0.3, -0.25) is 14.6 Å². The van der Waals surface area contributed by atoms with E-state index in [-0.39, 0.29) is 17.9 Å². The van der Waals surface area contributed by atoms with Crippen LogP contribution in [0.1, 0.15) is 40.5 Å². The highest BCUT2D eigenvalue weighted by atomic mass is 16.5. The SMILES string of the molecule is CCOc1ccccc1NC(=O)c1cncc(C(=O)NC2CC2)c1. The van der Waals surface area contributed by atoms with E-state index in [2.05, 4.69) is 15.6 Å². The molecule has 1 fully saturated rings. The Morgan fingerprint density at radius 2 is 1.88 bits per heavy atom. The van der Waals surface area contributed by atoms with E-state index >= 15 is 0 Å². The standard InChI is InChI=1S/C18H19N3O3/c1-2-24-16-6-4-3-5-15(16)21-18(23)13-9-12(10-19-11-13)17(22)20-14-7-8-14/h3-6,9-11,14H,2,7-8H2,1H3,(H,20,22)(H,21,23). The summed E-state index contributed by atoms with van der Waals surface area (Å²) in [6, 6.07) is 9.01. The molecule has 0 radical (unpaired) electrons. The van der Waals surface area contributed by atoms with E-state index in [0.29, 0.717) is 29.2 Å². The second kappa shape index (κ2) is 7.12. The van der Waals surface area contributed by atoms with E-state index in [1.165, 1.54) is 12.4 Å². The second-order valence-electron chi connectivity index (χ2n) is 5.59. The smallest absolute Gasteiger partial charge is 0.257 e. The van der Waals surface area contributed by atoms with Crippen molar-refractivity contribution in [3.05, 3.63) is 53.9 Å². The molecule has 0 bridgehead atoms. The highest BCUT2D eigenvalue weighted by Crippen LogP contribution is 2.24. The number of para-hydroxylation sites is 2. The van der Waals surface area contributed by atoms with Gasteiger partial charge in [0.2, 0.25) is 0 Å². The summed E-state index contributed by atoms with van der Waals surface area (Å²) in [5.41, 5.74) is 1.29. The lowest BCUT2D eigenvalue weighted by Gasteiger charge is -2.11. The molecule has 2 aromatic rings. The van der Waals surface area contributed by atoms with Crippen LogP contribution in [0.5, 0.6) is 5.75 Å². The summed E-state index contributed by atoms with van der Waals surface area (Å²) >= 11 is 0. The fourth-order valence-electron chi connectivity index (χ4n) is 2.23. The number of nitrogens with one attached hydrogen (secondary N) is 2. The number of ether oxygens (including phenoxy) is 1. The first-order valence-corrected chi connectivity index (χ1v) is 7.96. The van der Waals surface area contributed by atoms with Gasteiger partial charge in [0.1, 0.15) is 5.75 Å². The van der Waals surface area contributed by atoms with Gasteiger partial charge in [-0.2, -0.15) is 0 Å². The van der Waals surface area contributed by atoms with Gasteiger partial charge in [0.15, 0.2) is 0 Å². The summed E-state index contributed by atoms with van der Waals surface area (Å²) < 4.78 is 5.49. The Bertz CT molecular complexity index is 757. The van der Waals surface area contributed by atoms with Crippen molar-refractivity contribution in [1.82, 2.24) is 10.3 Å². The number of hydrogen-bond acceptors (Lipinski definition) is 4. The summed E-state index contributed by atoms with van der Waals surface area (Å²) in [5.74, 6) is 0.0639. The number of rotatable bonds is 6. The number of hydrogen-bond donors (Lipinski definition) is 2. The van der Waals surface area contributed by atoms with Crippen LogP contribution in [0.4, 0.5) is 5.69 Å². The Morgan fingerprint density at radius 1 is 1.17 bits per heavy atom. The molecule has 1 heterocycles. The van der Waals surface area contributed by atoms with Gasteiger partial charge in [-0.15, -0.1) is 0 Å². The molecule has 1 aliphatic carbocycles. The fourth-order valence-corrected chi connectivity index (χ4v) is 2.23.